The maximum atomic E-state index is 12.6. The smallest absolute Gasteiger partial charge is 0.412 e. The van der Waals surface area contributed by atoms with Gasteiger partial charge in [-0.15, -0.1) is 0 Å². The Morgan fingerprint density at radius 3 is 2.46 bits per heavy atom. The molecule has 0 spiro atoms. The van der Waals surface area contributed by atoms with Gasteiger partial charge < -0.3 is 9.47 Å². The van der Waals surface area contributed by atoms with Crippen molar-refractivity contribution in [1.82, 2.24) is 9.38 Å². The van der Waals surface area contributed by atoms with Crippen molar-refractivity contribution in [3.8, 4) is 11.3 Å². The second-order valence-corrected chi connectivity index (χ2v) is 7.14. The highest BCUT2D eigenvalue weighted by Gasteiger charge is 2.24. The number of aromatic nitrogens is 2. The Labute approximate surface area is 163 Å². The molecular weight excluding hydrogens is 358 g/mol. The van der Waals surface area contributed by atoms with Crippen molar-refractivity contribution in [3.05, 3.63) is 54.4 Å². The largest absolute Gasteiger partial charge is 0.461 e. The summed E-state index contributed by atoms with van der Waals surface area (Å²) in [6.07, 6.45) is 1.11. The van der Waals surface area contributed by atoms with Gasteiger partial charge >= 0.3 is 12.1 Å². The summed E-state index contributed by atoms with van der Waals surface area (Å²) in [5.41, 5.74) is 1.79. The number of rotatable bonds is 4. The summed E-state index contributed by atoms with van der Waals surface area (Å²) >= 11 is 0. The van der Waals surface area contributed by atoms with Crippen LogP contribution in [0.1, 0.15) is 38.2 Å². The number of hydrogen-bond acceptors (Lipinski definition) is 5. The van der Waals surface area contributed by atoms with Crippen LogP contribution in [0.25, 0.3) is 16.9 Å². The predicted molar refractivity (Wildman–Crippen MR) is 106 cm³/mol. The summed E-state index contributed by atoms with van der Waals surface area (Å²) in [5, 5.41) is 2.71. The second kappa shape index (κ2) is 7.72. The summed E-state index contributed by atoms with van der Waals surface area (Å²) in [5.74, 6) is -0.483. The molecule has 0 saturated carbocycles. The second-order valence-electron chi connectivity index (χ2n) is 7.14. The van der Waals surface area contributed by atoms with Crippen molar-refractivity contribution in [3.63, 3.8) is 0 Å². The lowest BCUT2D eigenvalue weighted by atomic mass is 10.1. The molecule has 1 aromatic carbocycles. The summed E-state index contributed by atoms with van der Waals surface area (Å²) in [4.78, 5) is 29.5. The van der Waals surface area contributed by atoms with Crippen LogP contribution in [0.2, 0.25) is 0 Å². The quantitative estimate of drug-likeness (QED) is 0.672. The number of nitrogens with one attached hydrogen (secondary N) is 1. The number of hydrogen-bond donors (Lipinski definition) is 1. The minimum absolute atomic E-state index is 0.246. The van der Waals surface area contributed by atoms with Gasteiger partial charge in [-0.3, -0.25) is 9.72 Å². The van der Waals surface area contributed by atoms with Gasteiger partial charge in [-0.1, -0.05) is 30.3 Å². The Kier molecular flexibility index (Phi) is 5.35. The fourth-order valence-electron chi connectivity index (χ4n) is 2.77. The maximum Gasteiger partial charge on any atom is 0.412 e. The Morgan fingerprint density at radius 2 is 1.82 bits per heavy atom. The molecule has 7 nitrogen and oxygen atoms in total. The highest BCUT2D eigenvalue weighted by molar-refractivity contribution is 5.98. The van der Waals surface area contributed by atoms with Crippen molar-refractivity contribution < 1.29 is 19.1 Å². The molecule has 0 bridgehead atoms. The number of amides is 1. The number of benzene rings is 1. The first-order valence-electron chi connectivity index (χ1n) is 9.04. The molecule has 0 atom stereocenters. The zero-order valence-electron chi connectivity index (χ0n) is 16.4. The van der Waals surface area contributed by atoms with E-state index in [0.29, 0.717) is 22.7 Å². The number of anilines is 1. The average Bonchev–Trinajstić information content (AvgIpc) is 3.02. The minimum Gasteiger partial charge on any atom is -0.461 e. The van der Waals surface area contributed by atoms with E-state index < -0.39 is 17.7 Å². The highest BCUT2D eigenvalue weighted by Crippen LogP contribution is 2.28. The van der Waals surface area contributed by atoms with Gasteiger partial charge in [0.05, 0.1) is 12.3 Å². The van der Waals surface area contributed by atoms with E-state index in [1.54, 1.807) is 50.4 Å². The fraction of sp³-hybridized carbons (Fsp3) is 0.286. The van der Waals surface area contributed by atoms with E-state index >= 15 is 0 Å². The molecule has 0 radical (unpaired) electrons. The number of ether oxygens (including phenoxy) is 2. The molecular formula is C21H23N3O4. The van der Waals surface area contributed by atoms with Crippen LogP contribution in [0.15, 0.2) is 48.7 Å². The first-order valence-corrected chi connectivity index (χ1v) is 9.04. The third-order valence-electron chi connectivity index (χ3n) is 3.80. The third-order valence-corrected chi connectivity index (χ3v) is 3.80. The molecule has 1 amide bonds. The first kappa shape index (κ1) is 19.4. The summed E-state index contributed by atoms with van der Waals surface area (Å²) < 4.78 is 12.2. The normalized spacial score (nSPS) is 11.3. The third kappa shape index (κ3) is 4.14. The number of imidazole rings is 1. The summed E-state index contributed by atoms with van der Waals surface area (Å²) in [6, 6.07) is 12.8. The van der Waals surface area contributed by atoms with E-state index in [-0.39, 0.29) is 6.61 Å². The summed E-state index contributed by atoms with van der Waals surface area (Å²) in [6.45, 7) is 7.36. The Bertz CT molecular complexity index is 1000. The van der Waals surface area contributed by atoms with E-state index in [9.17, 15) is 9.59 Å². The number of nitrogens with zero attached hydrogens (tertiary/aromatic N) is 2. The molecule has 2 heterocycles. The molecule has 1 N–H and O–H groups in total. The van der Waals surface area contributed by atoms with Crippen LogP contribution in [-0.2, 0) is 9.47 Å². The molecule has 0 aliphatic carbocycles. The predicted octanol–water partition coefficient (Wildman–Crippen LogP) is 4.53. The fourth-order valence-corrected chi connectivity index (χ4v) is 2.77. The van der Waals surface area contributed by atoms with Crippen molar-refractivity contribution >= 4 is 23.4 Å². The van der Waals surface area contributed by atoms with E-state index in [4.69, 9.17) is 9.47 Å². The van der Waals surface area contributed by atoms with Gasteiger partial charge in [0, 0.05) is 11.8 Å². The molecule has 3 aromatic rings. The van der Waals surface area contributed by atoms with Crippen molar-refractivity contribution in [1.29, 1.82) is 0 Å². The van der Waals surface area contributed by atoms with Gasteiger partial charge in [-0.25, -0.2) is 14.6 Å². The Balaban J connectivity index is 2.12. The van der Waals surface area contributed by atoms with Crippen LogP contribution >= 0.6 is 0 Å². The van der Waals surface area contributed by atoms with E-state index in [0.717, 1.165) is 5.56 Å². The maximum absolute atomic E-state index is 12.6. The number of carbonyl (C=O) groups is 2. The summed E-state index contributed by atoms with van der Waals surface area (Å²) in [7, 11) is 0. The van der Waals surface area contributed by atoms with Crippen LogP contribution in [-0.4, -0.2) is 33.7 Å². The number of fused-ring (bicyclic) bond motifs is 1. The number of esters is 1. The van der Waals surface area contributed by atoms with Crippen LogP contribution in [0.5, 0.6) is 0 Å². The number of carbonyl (C=O) groups excluding carboxylic acids is 2. The van der Waals surface area contributed by atoms with Gasteiger partial charge in [0.15, 0.2) is 11.3 Å². The Morgan fingerprint density at radius 1 is 1.11 bits per heavy atom. The molecule has 0 aliphatic rings. The average molecular weight is 381 g/mol. The lowest BCUT2D eigenvalue weighted by molar-refractivity contribution is 0.0518. The van der Waals surface area contributed by atoms with Crippen molar-refractivity contribution in [2.45, 2.75) is 33.3 Å². The monoisotopic (exact) mass is 381 g/mol. The molecule has 0 fully saturated rings. The topological polar surface area (TPSA) is 81.9 Å². The molecule has 0 aliphatic heterocycles. The molecule has 2 aromatic heterocycles. The molecule has 7 heteroatoms. The van der Waals surface area contributed by atoms with Crippen LogP contribution < -0.4 is 5.32 Å². The van der Waals surface area contributed by atoms with Gasteiger partial charge in [0.1, 0.15) is 11.3 Å². The highest BCUT2D eigenvalue weighted by atomic mass is 16.6. The molecule has 28 heavy (non-hydrogen) atoms. The van der Waals surface area contributed by atoms with Gasteiger partial charge in [0.2, 0.25) is 0 Å². The van der Waals surface area contributed by atoms with Gasteiger partial charge in [0.25, 0.3) is 0 Å². The number of pyridine rings is 1. The lowest BCUT2D eigenvalue weighted by Gasteiger charge is -2.19. The van der Waals surface area contributed by atoms with Crippen LogP contribution in [0.3, 0.4) is 0 Å². The molecule has 0 saturated heterocycles. The standard InChI is InChI=1S/C21H23N3O4/c1-5-27-19(25)17-16(14-10-7-6-8-11-14)23-18-15(12-9-13-24(17)18)22-20(26)28-21(2,3)4/h6-13H,5H2,1-4H3,(H,22,26). The lowest BCUT2D eigenvalue weighted by Crippen LogP contribution is -2.27. The van der Waals surface area contributed by atoms with E-state index in [1.165, 1.54) is 0 Å². The van der Waals surface area contributed by atoms with Crippen molar-refractivity contribution in [2.75, 3.05) is 11.9 Å². The Hall–Kier alpha value is -3.35. The van der Waals surface area contributed by atoms with E-state index in [2.05, 4.69) is 10.3 Å². The van der Waals surface area contributed by atoms with E-state index in [1.807, 2.05) is 30.3 Å². The SMILES string of the molecule is CCOC(=O)c1c(-c2ccccc2)nc2c(NC(=O)OC(C)(C)C)cccn12. The molecule has 3 rings (SSSR count). The minimum atomic E-state index is -0.629. The molecule has 0 unspecified atom stereocenters. The first-order chi connectivity index (χ1) is 13.3. The van der Waals surface area contributed by atoms with Gasteiger partial charge in [-0.2, -0.15) is 0 Å². The van der Waals surface area contributed by atoms with Gasteiger partial charge in [-0.05, 0) is 39.8 Å². The van der Waals surface area contributed by atoms with Crippen LogP contribution in [0.4, 0.5) is 10.5 Å². The van der Waals surface area contributed by atoms with Crippen LogP contribution in [0, 0.1) is 0 Å². The zero-order valence-corrected chi connectivity index (χ0v) is 16.4. The zero-order chi connectivity index (χ0) is 20.3. The van der Waals surface area contributed by atoms with Crippen molar-refractivity contribution in [2.24, 2.45) is 0 Å². The molecule has 146 valence electrons.